The Labute approximate surface area is 192 Å². The Morgan fingerprint density at radius 2 is 1.88 bits per heavy atom. The van der Waals surface area contributed by atoms with Gasteiger partial charge in [-0.3, -0.25) is 24.6 Å². The average Bonchev–Trinajstić information content (AvgIpc) is 3.34. The van der Waals surface area contributed by atoms with Gasteiger partial charge in [0.15, 0.2) is 0 Å². The lowest BCUT2D eigenvalue weighted by molar-refractivity contribution is -0.384. The summed E-state index contributed by atoms with van der Waals surface area (Å²) in [6, 6.07) is 17.5. The summed E-state index contributed by atoms with van der Waals surface area (Å²) in [5, 5.41) is 10.8. The SMILES string of the molecule is O=C1S/C(=C\c2ccc(-c3ccc(Cl)c([N+](=O)[O-])c3)o2)C(=O)N1CCCc1ccccc1. The van der Waals surface area contributed by atoms with Gasteiger partial charge in [-0.05, 0) is 54.4 Å². The number of halogens is 1. The molecule has 4 rings (SSSR count). The Morgan fingerprint density at radius 1 is 1.09 bits per heavy atom. The van der Waals surface area contributed by atoms with Crippen LogP contribution in [0.25, 0.3) is 17.4 Å². The molecule has 1 saturated heterocycles. The summed E-state index contributed by atoms with van der Waals surface area (Å²) in [5.41, 5.74) is 1.41. The van der Waals surface area contributed by atoms with E-state index in [1.807, 2.05) is 30.3 Å². The lowest BCUT2D eigenvalue weighted by Crippen LogP contribution is -2.29. The highest BCUT2D eigenvalue weighted by molar-refractivity contribution is 8.18. The van der Waals surface area contributed by atoms with Crippen molar-refractivity contribution in [1.29, 1.82) is 0 Å². The number of benzene rings is 2. The summed E-state index contributed by atoms with van der Waals surface area (Å²) >= 11 is 6.72. The Balaban J connectivity index is 1.45. The van der Waals surface area contributed by atoms with Crippen molar-refractivity contribution in [3.63, 3.8) is 0 Å². The summed E-state index contributed by atoms with van der Waals surface area (Å²) in [6.07, 6.45) is 2.96. The van der Waals surface area contributed by atoms with E-state index >= 15 is 0 Å². The number of rotatable bonds is 7. The third-order valence-electron chi connectivity index (χ3n) is 4.89. The molecule has 0 unspecified atom stereocenters. The standard InChI is InChI=1S/C23H17ClN2O5S/c24-18-10-8-16(13-19(18)26(29)30)20-11-9-17(31-20)14-21-22(27)25(23(28)32-21)12-4-7-15-5-2-1-3-6-15/h1-3,5-6,8-11,13-14H,4,7,12H2/b21-14-. The summed E-state index contributed by atoms with van der Waals surface area (Å²) in [5.74, 6) is 0.402. The first-order chi connectivity index (χ1) is 15.4. The van der Waals surface area contributed by atoms with E-state index < -0.39 is 4.92 Å². The number of nitro benzene ring substituents is 1. The molecule has 0 bridgehead atoms. The highest BCUT2D eigenvalue weighted by Crippen LogP contribution is 2.35. The van der Waals surface area contributed by atoms with Crippen molar-refractivity contribution in [2.45, 2.75) is 12.8 Å². The Bertz CT molecular complexity index is 1220. The van der Waals surface area contributed by atoms with Crippen LogP contribution in [0.4, 0.5) is 10.5 Å². The van der Waals surface area contributed by atoms with Gasteiger partial charge in [0.05, 0.1) is 9.83 Å². The molecule has 0 N–H and O–H groups in total. The number of nitrogens with zero attached hydrogens (tertiary/aromatic N) is 2. The number of imide groups is 1. The van der Waals surface area contributed by atoms with Crippen molar-refractivity contribution in [2.24, 2.45) is 0 Å². The molecule has 7 nitrogen and oxygen atoms in total. The number of carbonyl (C=O) groups excluding carboxylic acids is 2. The minimum absolute atomic E-state index is 0.0338. The first-order valence-corrected chi connectivity index (χ1v) is 11.0. The van der Waals surface area contributed by atoms with Crippen LogP contribution in [0.3, 0.4) is 0 Å². The fourth-order valence-electron chi connectivity index (χ4n) is 3.30. The summed E-state index contributed by atoms with van der Waals surface area (Å²) in [6.45, 7) is 0.342. The lowest BCUT2D eigenvalue weighted by Gasteiger charge is -2.11. The van der Waals surface area contributed by atoms with Gasteiger partial charge in [0, 0.05) is 24.3 Å². The number of nitro groups is 1. The Hall–Kier alpha value is -3.36. The van der Waals surface area contributed by atoms with Crippen molar-refractivity contribution in [3.8, 4) is 11.3 Å². The predicted molar refractivity (Wildman–Crippen MR) is 123 cm³/mol. The topological polar surface area (TPSA) is 93.7 Å². The molecule has 0 aliphatic carbocycles. The van der Waals surface area contributed by atoms with Crippen LogP contribution < -0.4 is 0 Å². The van der Waals surface area contributed by atoms with Gasteiger partial charge in [-0.2, -0.15) is 0 Å². The van der Waals surface area contributed by atoms with E-state index in [-0.39, 0.29) is 26.8 Å². The molecule has 162 valence electrons. The summed E-state index contributed by atoms with van der Waals surface area (Å²) < 4.78 is 5.73. The van der Waals surface area contributed by atoms with E-state index in [0.29, 0.717) is 30.0 Å². The number of thioether (sulfide) groups is 1. The molecule has 3 aromatic rings. The second-order valence-corrected chi connectivity index (χ2v) is 8.45. The van der Waals surface area contributed by atoms with Crippen LogP contribution in [-0.2, 0) is 11.2 Å². The highest BCUT2D eigenvalue weighted by atomic mass is 35.5. The Morgan fingerprint density at radius 3 is 2.62 bits per heavy atom. The minimum Gasteiger partial charge on any atom is -0.457 e. The van der Waals surface area contributed by atoms with Crippen molar-refractivity contribution >= 4 is 46.3 Å². The van der Waals surface area contributed by atoms with Gasteiger partial charge in [-0.1, -0.05) is 41.9 Å². The molecule has 0 spiro atoms. The fourth-order valence-corrected chi connectivity index (χ4v) is 4.33. The van der Waals surface area contributed by atoms with E-state index in [2.05, 4.69) is 0 Å². The van der Waals surface area contributed by atoms with Gasteiger partial charge < -0.3 is 4.42 Å². The number of furan rings is 1. The van der Waals surface area contributed by atoms with Gasteiger partial charge in [0.2, 0.25) is 0 Å². The average molecular weight is 469 g/mol. The number of aryl methyl sites for hydroxylation is 1. The van der Waals surface area contributed by atoms with Crippen molar-refractivity contribution in [3.05, 3.63) is 92.0 Å². The van der Waals surface area contributed by atoms with Gasteiger partial charge in [-0.25, -0.2) is 0 Å². The van der Waals surface area contributed by atoms with E-state index in [0.717, 1.165) is 23.7 Å². The lowest BCUT2D eigenvalue weighted by atomic mass is 10.1. The third kappa shape index (κ3) is 4.76. The van der Waals surface area contributed by atoms with Crippen LogP contribution in [0.15, 0.2) is 70.0 Å². The third-order valence-corrected chi connectivity index (χ3v) is 6.12. The van der Waals surface area contributed by atoms with Crippen LogP contribution >= 0.6 is 23.4 Å². The van der Waals surface area contributed by atoms with Crippen LogP contribution in [0.1, 0.15) is 17.7 Å². The molecule has 2 aromatic carbocycles. The largest absolute Gasteiger partial charge is 0.457 e. The normalized spacial score (nSPS) is 15.0. The van der Waals surface area contributed by atoms with E-state index in [9.17, 15) is 19.7 Å². The molecule has 0 radical (unpaired) electrons. The van der Waals surface area contributed by atoms with Gasteiger partial charge in [0.1, 0.15) is 16.5 Å². The first kappa shape index (κ1) is 21.9. The zero-order valence-corrected chi connectivity index (χ0v) is 18.3. The van der Waals surface area contributed by atoms with E-state index in [1.165, 1.54) is 23.1 Å². The number of amides is 2. The maximum Gasteiger partial charge on any atom is 0.293 e. The number of hydrogen-bond donors (Lipinski definition) is 0. The zero-order chi connectivity index (χ0) is 22.7. The maximum atomic E-state index is 12.7. The zero-order valence-electron chi connectivity index (χ0n) is 16.7. The second-order valence-electron chi connectivity index (χ2n) is 7.05. The number of hydrogen-bond acceptors (Lipinski definition) is 6. The molecule has 1 fully saturated rings. The monoisotopic (exact) mass is 468 g/mol. The van der Waals surface area contributed by atoms with Crippen molar-refractivity contribution < 1.29 is 18.9 Å². The summed E-state index contributed by atoms with van der Waals surface area (Å²) in [7, 11) is 0. The van der Waals surface area contributed by atoms with Gasteiger partial charge in [0.25, 0.3) is 16.8 Å². The first-order valence-electron chi connectivity index (χ1n) is 9.76. The molecule has 1 aromatic heterocycles. The number of carbonyl (C=O) groups is 2. The molecule has 0 atom stereocenters. The quantitative estimate of drug-likeness (QED) is 0.233. The van der Waals surface area contributed by atoms with Crippen LogP contribution in [-0.4, -0.2) is 27.5 Å². The molecular formula is C23H17ClN2O5S. The fraction of sp³-hybridized carbons (Fsp3) is 0.130. The smallest absolute Gasteiger partial charge is 0.293 e. The maximum absolute atomic E-state index is 12.7. The molecule has 1 aliphatic heterocycles. The molecule has 9 heteroatoms. The van der Waals surface area contributed by atoms with Crippen LogP contribution in [0, 0.1) is 10.1 Å². The second kappa shape index (κ2) is 9.42. The summed E-state index contributed by atoms with van der Waals surface area (Å²) in [4.78, 5) is 37.0. The van der Waals surface area contributed by atoms with Crippen molar-refractivity contribution in [2.75, 3.05) is 6.54 Å². The molecule has 0 saturated carbocycles. The minimum atomic E-state index is -0.566. The predicted octanol–water partition coefficient (Wildman–Crippen LogP) is 6.18. The van der Waals surface area contributed by atoms with Crippen LogP contribution in [0.5, 0.6) is 0 Å². The van der Waals surface area contributed by atoms with Gasteiger partial charge in [-0.15, -0.1) is 0 Å². The van der Waals surface area contributed by atoms with E-state index in [4.69, 9.17) is 16.0 Å². The highest BCUT2D eigenvalue weighted by Gasteiger charge is 2.34. The van der Waals surface area contributed by atoms with Gasteiger partial charge >= 0.3 is 0 Å². The molecule has 32 heavy (non-hydrogen) atoms. The van der Waals surface area contributed by atoms with Crippen molar-refractivity contribution in [1.82, 2.24) is 4.90 Å². The van der Waals surface area contributed by atoms with Crippen LogP contribution in [0.2, 0.25) is 5.02 Å². The molecule has 2 heterocycles. The van der Waals surface area contributed by atoms with E-state index in [1.54, 1.807) is 18.2 Å². The Kier molecular flexibility index (Phi) is 6.43. The molecule has 1 aliphatic rings. The molecular weight excluding hydrogens is 452 g/mol. The molecule has 2 amide bonds.